The van der Waals surface area contributed by atoms with Crippen LogP contribution >= 0.6 is 0 Å². The summed E-state index contributed by atoms with van der Waals surface area (Å²) in [7, 11) is 0. The second-order valence-electron chi connectivity index (χ2n) is 3.45. The maximum absolute atomic E-state index is 10.7. The second kappa shape index (κ2) is 6.18. The molecule has 4 nitrogen and oxygen atoms in total. The number of nitrogens with one attached hydrogen (secondary N) is 1. The molecule has 0 aromatic carbocycles. The van der Waals surface area contributed by atoms with Crippen LogP contribution in [0.25, 0.3) is 0 Å². The number of amides is 1. The number of rotatable bonds is 5. The van der Waals surface area contributed by atoms with E-state index in [2.05, 4.69) is 5.32 Å². The highest BCUT2D eigenvalue weighted by Crippen LogP contribution is 2.02. The minimum atomic E-state index is -0.984. The number of carbonyl (C=O) groups is 2. The Balaban J connectivity index is 4.04. The largest absolute Gasteiger partial charge is 0.480 e. The van der Waals surface area contributed by atoms with Crippen LogP contribution in [0.3, 0.4) is 0 Å². The molecule has 0 saturated carbocycles. The summed E-state index contributed by atoms with van der Waals surface area (Å²) in [5.41, 5.74) is 1.15. The van der Waals surface area contributed by atoms with Gasteiger partial charge in [-0.1, -0.05) is 11.6 Å². The lowest BCUT2D eigenvalue weighted by Crippen LogP contribution is -2.39. The zero-order valence-corrected chi connectivity index (χ0v) is 8.83. The molecular weight excluding hydrogens is 182 g/mol. The van der Waals surface area contributed by atoms with E-state index < -0.39 is 12.0 Å². The van der Waals surface area contributed by atoms with Crippen molar-refractivity contribution in [1.82, 2.24) is 5.32 Å². The third-order valence-electron chi connectivity index (χ3n) is 1.68. The Morgan fingerprint density at radius 1 is 1.36 bits per heavy atom. The van der Waals surface area contributed by atoms with Gasteiger partial charge in [-0.05, 0) is 26.7 Å². The minimum absolute atomic E-state index is 0.311. The molecule has 0 saturated heterocycles. The molecule has 0 aromatic heterocycles. The summed E-state index contributed by atoms with van der Waals surface area (Å²) in [5, 5.41) is 11.1. The molecular formula is C10H17NO3. The Hall–Kier alpha value is -1.32. The molecule has 0 aliphatic heterocycles. The van der Waals surface area contributed by atoms with E-state index >= 15 is 0 Å². The first-order valence-corrected chi connectivity index (χ1v) is 4.56. The monoisotopic (exact) mass is 199 g/mol. The Kier molecular flexibility index (Phi) is 5.60. The predicted molar refractivity (Wildman–Crippen MR) is 53.9 cm³/mol. The van der Waals surface area contributed by atoms with Gasteiger partial charge in [-0.2, -0.15) is 0 Å². The van der Waals surface area contributed by atoms with E-state index in [0.717, 1.165) is 5.57 Å². The van der Waals surface area contributed by atoms with E-state index in [-0.39, 0.29) is 5.91 Å². The van der Waals surface area contributed by atoms with Crippen LogP contribution in [0, 0.1) is 0 Å². The molecule has 0 rings (SSSR count). The quantitative estimate of drug-likeness (QED) is 0.656. The van der Waals surface area contributed by atoms with Crippen molar-refractivity contribution in [3.05, 3.63) is 11.6 Å². The van der Waals surface area contributed by atoms with Crippen molar-refractivity contribution in [3.63, 3.8) is 0 Å². The average molecular weight is 199 g/mol. The smallest absolute Gasteiger partial charge is 0.326 e. The molecule has 1 amide bonds. The molecule has 0 bridgehead atoms. The highest BCUT2D eigenvalue weighted by atomic mass is 16.4. The Morgan fingerprint density at radius 2 is 1.93 bits per heavy atom. The zero-order chi connectivity index (χ0) is 11.1. The number of carboxylic acid groups (broad SMARTS) is 1. The molecule has 4 heteroatoms. The number of allylic oxidation sites excluding steroid dienone is 2. The lowest BCUT2D eigenvalue weighted by atomic mass is 10.1. The number of carbonyl (C=O) groups excluding carboxylic acids is 1. The molecule has 0 radical (unpaired) electrons. The van der Waals surface area contributed by atoms with Crippen molar-refractivity contribution in [1.29, 1.82) is 0 Å². The van der Waals surface area contributed by atoms with Crippen molar-refractivity contribution in [2.24, 2.45) is 0 Å². The molecule has 0 aliphatic carbocycles. The first-order valence-electron chi connectivity index (χ1n) is 4.56. The fourth-order valence-electron chi connectivity index (χ4n) is 1.04. The van der Waals surface area contributed by atoms with Gasteiger partial charge in [0.25, 0.3) is 0 Å². The summed E-state index contributed by atoms with van der Waals surface area (Å²) in [6.45, 7) is 5.22. The van der Waals surface area contributed by atoms with Crippen molar-refractivity contribution in [3.8, 4) is 0 Å². The molecule has 0 heterocycles. The van der Waals surface area contributed by atoms with Gasteiger partial charge in [0.15, 0.2) is 0 Å². The summed E-state index contributed by atoms with van der Waals surface area (Å²) < 4.78 is 0. The van der Waals surface area contributed by atoms with E-state index in [4.69, 9.17) is 5.11 Å². The normalized spacial score (nSPS) is 11.6. The van der Waals surface area contributed by atoms with Crippen molar-refractivity contribution >= 4 is 11.9 Å². The summed E-state index contributed by atoms with van der Waals surface area (Å²) >= 11 is 0. The van der Waals surface area contributed by atoms with E-state index in [9.17, 15) is 9.59 Å². The Bertz CT molecular complexity index is 242. The number of carboxylic acids is 1. The van der Waals surface area contributed by atoms with Crippen molar-refractivity contribution in [2.45, 2.75) is 39.7 Å². The number of hydrogen-bond donors (Lipinski definition) is 2. The van der Waals surface area contributed by atoms with Gasteiger partial charge in [-0.3, -0.25) is 4.79 Å². The van der Waals surface area contributed by atoms with E-state index in [1.807, 2.05) is 19.9 Å². The summed E-state index contributed by atoms with van der Waals surface area (Å²) in [6, 6.07) is -0.775. The third kappa shape index (κ3) is 6.22. The highest BCUT2D eigenvalue weighted by molar-refractivity contribution is 5.81. The lowest BCUT2D eigenvalue weighted by Gasteiger charge is -2.11. The van der Waals surface area contributed by atoms with Crippen molar-refractivity contribution in [2.75, 3.05) is 0 Å². The van der Waals surface area contributed by atoms with Crippen LogP contribution in [0.2, 0.25) is 0 Å². The highest BCUT2D eigenvalue weighted by Gasteiger charge is 2.16. The molecule has 14 heavy (non-hydrogen) atoms. The van der Waals surface area contributed by atoms with Crippen LogP contribution < -0.4 is 5.32 Å². The Morgan fingerprint density at radius 3 is 2.29 bits per heavy atom. The minimum Gasteiger partial charge on any atom is -0.480 e. The molecule has 0 spiro atoms. The van der Waals surface area contributed by atoms with Crippen LogP contribution in [0.4, 0.5) is 0 Å². The van der Waals surface area contributed by atoms with Crippen LogP contribution in [-0.2, 0) is 9.59 Å². The fourth-order valence-corrected chi connectivity index (χ4v) is 1.04. The molecule has 0 aromatic rings. The first-order chi connectivity index (χ1) is 6.43. The summed E-state index contributed by atoms with van der Waals surface area (Å²) in [6.07, 6.45) is 3.05. The Labute approximate surface area is 84.0 Å². The van der Waals surface area contributed by atoms with E-state index in [1.165, 1.54) is 6.92 Å². The number of aliphatic carboxylic acids is 1. The topological polar surface area (TPSA) is 66.4 Å². The third-order valence-corrected chi connectivity index (χ3v) is 1.68. The van der Waals surface area contributed by atoms with Crippen LogP contribution in [0.5, 0.6) is 0 Å². The standard InChI is InChI=1S/C10H17NO3/c1-7(2)5-4-6-9(10(13)14)11-8(3)12/h5,9H,4,6H2,1-3H3,(H,11,12)(H,13,14). The van der Waals surface area contributed by atoms with Gasteiger partial charge < -0.3 is 10.4 Å². The SMILES string of the molecule is CC(=O)NC(CCC=C(C)C)C(=O)O. The van der Waals surface area contributed by atoms with Crippen LogP contribution in [0.1, 0.15) is 33.6 Å². The van der Waals surface area contributed by atoms with Gasteiger partial charge in [0.1, 0.15) is 6.04 Å². The second-order valence-corrected chi connectivity index (χ2v) is 3.45. The van der Waals surface area contributed by atoms with Gasteiger partial charge in [-0.25, -0.2) is 4.79 Å². The molecule has 2 N–H and O–H groups in total. The summed E-state index contributed by atoms with van der Waals surface area (Å²) in [4.78, 5) is 21.3. The maximum atomic E-state index is 10.7. The molecule has 1 atom stereocenters. The fraction of sp³-hybridized carbons (Fsp3) is 0.600. The van der Waals surface area contributed by atoms with Crippen LogP contribution in [-0.4, -0.2) is 23.0 Å². The van der Waals surface area contributed by atoms with Gasteiger partial charge in [0, 0.05) is 6.92 Å². The molecule has 1 unspecified atom stereocenters. The van der Waals surface area contributed by atoms with E-state index in [1.54, 1.807) is 0 Å². The van der Waals surface area contributed by atoms with Gasteiger partial charge in [-0.15, -0.1) is 0 Å². The predicted octanol–water partition coefficient (Wildman–Crippen LogP) is 1.32. The molecule has 0 fully saturated rings. The molecule has 80 valence electrons. The maximum Gasteiger partial charge on any atom is 0.326 e. The zero-order valence-electron chi connectivity index (χ0n) is 8.83. The van der Waals surface area contributed by atoms with Gasteiger partial charge in [0.05, 0.1) is 0 Å². The number of hydrogen-bond acceptors (Lipinski definition) is 2. The van der Waals surface area contributed by atoms with Crippen molar-refractivity contribution < 1.29 is 14.7 Å². The molecule has 0 aliphatic rings. The van der Waals surface area contributed by atoms with Gasteiger partial charge >= 0.3 is 5.97 Å². The average Bonchev–Trinajstić information content (AvgIpc) is 2.00. The van der Waals surface area contributed by atoms with Crippen LogP contribution in [0.15, 0.2) is 11.6 Å². The summed E-state index contributed by atoms with van der Waals surface area (Å²) in [5.74, 6) is -1.29. The van der Waals surface area contributed by atoms with E-state index in [0.29, 0.717) is 12.8 Å². The lowest BCUT2D eigenvalue weighted by molar-refractivity contribution is -0.141. The van der Waals surface area contributed by atoms with Gasteiger partial charge in [0.2, 0.25) is 5.91 Å². The first kappa shape index (κ1) is 12.7.